The van der Waals surface area contributed by atoms with Gasteiger partial charge in [0, 0.05) is 11.5 Å². The molecule has 0 N–H and O–H groups in total. The number of ether oxygens (including phenoxy) is 1. The van der Waals surface area contributed by atoms with Gasteiger partial charge in [0.15, 0.2) is 0 Å². The summed E-state index contributed by atoms with van der Waals surface area (Å²) >= 11 is 0. The van der Waals surface area contributed by atoms with Crippen molar-refractivity contribution >= 4 is 0 Å². The lowest BCUT2D eigenvalue weighted by Crippen LogP contribution is -1.88. The monoisotopic (exact) mass is 134 g/mol. The first-order valence-electron chi connectivity index (χ1n) is 3.48. The second kappa shape index (κ2) is 1.75. The minimum atomic E-state index is 0.532. The summed E-state index contributed by atoms with van der Waals surface area (Å²) in [4.78, 5) is 0. The minimum absolute atomic E-state index is 0.532. The molecule has 2 rings (SSSR count). The zero-order chi connectivity index (χ0) is 7.14. The standard InChI is InChI=1S/C9H10O/c1-6-7-3-4-8(6)9(5-7)10-2/h3-5,7H,1-2H3. The summed E-state index contributed by atoms with van der Waals surface area (Å²) in [7, 11) is 1.72. The molecule has 0 radical (unpaired) electrons. The number of allylic oxidation sites excluding steroid dienone is 4. The second-order valence-electron chi connectivity index (χ2n) is 2.72. The fourth-order valence-corrected chi connectivity index (χ4v) is 1.54. The van der Waals surface area contributed by atoms with Crippen molar-refractivity contribution in [2.24, 2.45) is 5.92 Å². The third-order valence-corrected chi connectivity index (χ3v) is 2.21. The van der Waals surface area contributed by atoms with Crippen molar-refractivity contribution in [3.63, 3.8) is 0 Å². The maximum absolute atomic E-state index is 5.17. The first-order valence-corrected chi connectivity index (χ1v) is 3.48. The molecule has 2 aliphatic rings. The van der Waals surface area contributed by atoms with E-state index in [1.807, 2.05) is 0 Å². The molecule has 1 unspecified atom stereocenters. The van der Waals surface area contributed by atoms with Gasteiger partial charge >= 0.3 is 0 Å². The SMILES string of the molecule is COC1=CC2C=CC1=C2C. The van der Waals surface area contributed by atoms with Crippen molar-refractivity contribution in [3.8, 4) is 0 Å². The summed E-state index contributed by atoms with van der Waals surface area (Å²) in [6.45, 7) is 2.16. The quantitative estimate of drug-likeness (QED) is 0.533. The Bertz CT molecular complexity index is 256. The summed E-state index contributed by atoms with van der Waals surface area (Å²) in [6, 6.07) is 0. The highest BCUT2D eigenvalue weighted by molar-refractivity contribution is 5.54. The Morgan fingerprint density at radius 2 is 2.30 bits per heavy atom. The summed E-state index contributed by atoms with van der Waals surface area (Å²) in [5.41, 5.74) is 2.71. The van der Waals surface area contributed by atoms with Gasteiger partial charge < -0.3 is 4.74 Å². The maximum atomic E-state index is 5.17. The van der Waals surface area contributed by atoms with Crippen LogP contribution in [0.2, 0.25) is 0 Å². The topological polar surface area (TPSA) is 9.23 Å². The molecule has 0 aliphatic heterocycles. The molecule has 0 fully saturated rings. The largest absolute Gasteiger partial charge is 0.496 e. The Labute approximate surface area is 60.7 Å². The van der Waals surface area contributed by atoms with E-state index in [2.05, 4.69) is 25.2 Å². The summed E-state index contributed by atoms with van der Waals surface area (Å²) < 4.78 is 5.17. The molecule has 0 aromatic rings. The van der Waals surface area contributed by atoms with Gasteiger partial charge in [0.1, 0.15) is 5.76 Å². The van der Waals surface area contributed by atoms with Crippen LogP contribution in [0.1, 0.15) is 6.92 Å². The van der Waals surface area contributed by atoms with E-state index in [9.17, 15) is 0 Å². The third-order valence-electron chi connectivity index (χ3n) is 2.21. The number of methoxy groups -OCH3 is 1. The lowest BCUT2D eigenvalue weighted by Gasteiger charge is -2.03. The zero-order valence-corrected chi connectivity index (χ0v) is 6.22. The summed E-state index contributed by atoms with van der Waals surface area (Å²) in [5.74, 6) is 1.58. The fraction of sp³-hybridized carbons (Fsp3) is 0.333. The van der Waals surface area contributed by atoms with Crippen molar-refractivity contribution in [2.75, 3.05) is 7.11 Å². The van der Waals surface area contributed by atoms with Crippen molar-refractivity contribution in [3.05, 3.63) is 35.1 Å². The molecule has 1 nitrogen and oxygen atoms in total. The van der Waals surface area contributed by atoms with Gasteiger partial charge in [0.25, 0.3) is 0 Å². The lowest BCUT2D eigenvalue weighted by atomic mass is 10.1. The fourth-order valence-electron chi connectivity index (χ4n) is 1.54. The van der Waals surface area contributed by atoms with E-state index in [1.54, 1.807) is 7.11 Å². The van der Waals surface area contributed by atoms with E-state index in [0.717, 1.165) is 5.76 Å². The Kier molecular flexibility index (Phi) is 1.01. The van der Waals surface area contributed by atoms with Crippen LogP contribution in [0.5, 0.6) is 0 Å². The van der Waals surface area contributed by atoms with Crippen LogP contribution in [-0.2, 0) is 4.74 Å². The molecule has 52 valence electrons. The third kappa shape index (κ3) is 0.525. The van der Waals surface area contributed by atoms with Gasteiger partial charge in [-0.15, -0.1) is 0 Å². The average molecular weight is 134 g/mol. The summed E-state index contributed by atoms with van der Waals surface area (Å²) in [5, 5.41) is 0. The molecule has 2 bridgehead atoms. The lowest BCUT2D eigenvalue weighted by molar-refractivity contribution is 0.302. The van der Waals surface area contributed by atoms with E-state index in [-0.39, 0.29) is 0 Å². The smallest absolute Gasteiger partial charge is 0.122 e. The molecule has 0 amide bonds. The molecule has 10 heavy (non-hydrogen) atoms. The minimum Gasteiger partial charge on any atom is -0.496 e. The Balaban J connectivity index is 2.40. The number of hydrogen-bond acceptors (Lipinski definition) is 1. The van der Waals surface area contributed by atoms with E-state index < -0.39 is 0 Å². The predicted octanol–water partition coefficient (Wildman–Crippen LogP) is 2.03. The van der Waals surface area contributed by atoms with Gasteiger partial charge in [-0.05, 0) is 13.0 Å². The van der Waals surface area contributed by atoms with E-state index in [4.69, 9.17) is 4.74 Å². The second-order valence-corrected chi connectivity index (χ2v) is 2.72. The Morgan fingerprint density at radius 1 is 1.50 bits per heavy atom. The van der Waals surface area contributed by atoms with Crippen LogP contribution >= 0.6 is 0 Å². The highest BCUT2D eigenvalue weighted by Crippen LogP contribution is 2.38. The van der Waals surface area contributed by atoms with Crippen LogP contribution in [0, 0.1) is 5.92 Å². The highest BCUT2D eigenvalue weighted by atomic mass is 16.5. The number of rotatable bonds is 1. The van der Waals surface area contributed by atoms with Gasteiger partial charge in [-0.2, -0.15) is 0 Å². The van der Waals surface area contributed by atoms with Crippen LogP contribution in [-0.4, -0.2) is 7.11 Å². The molecule has 2 aliphatic carbocycles. The van der Waals surface area contributed by atoms with Gasteiger partial charge in [-0.25, -0.2) is 0 Å². The molecule has 0 aromatic carbocycles. The van der Waals surface area contributed by atoms with Gasteiger partial charge in [0.05, 0.1) is 7.11 Å². The van der Waals surface area contributed by atoms with Crippen LogP contribution < -0.4 is 0 Å². The van der Waals surface area contributed by atoms with Crippen molar-refractivity contribution in [1.29, 1.82) is 0 Å². The first-order chi connectivity index (χ1) is 4.83. The van der Waals surface area contributed by atoms with Crippen LogP contribution in [0.25, 0.3) is 0 Å². The molecule has 1 heteroatoms. The number of hydrogen-bond donors (Lipinski definition) is 0. The molecule has 0 heterocycles. The maximum Gasteiger partial charge on any atom is 0.122 e. The molecule has 0 saturated carbocycles. The highest BCUT2D eigenvalue weighted by Gasteiger charge is 2.25. The average Bonchev–Trinajstić information content (AvgIpc) is 2.46. The van der Waals surface area contributed by atoms with E-state index in [1.165, 1.54) is 11.1 Å². The predicted molar refractivity (Wildman–Crippen MR) is 40.4 cm³/mol. The molecule has 0 saturated heterocycles. The first kappa shape index (κ1) is 5.78. The van der Waals surface area contributed by atoms with Crippen molar-refractivity contribution in [1.82, 2.24) is 0 Å². The number of fused-ring (bicyclic) bond motifs is 1. The summed E-state index contributed by atoms with van der Waals surface area (Å²) in [6.07, 6.45) is 6.50. The normalized spacial score (nSPS) is 27.8. The van der Waals surface area contributed by atoms with Crippen LogP contribution in [0.3, 0.4) is 0 Å². The van der Waals surface area contributed by atoms with Crippen LogP contribution in [0.4, 0.5) is 0 Å². The van der Waals surface area contributed by atoms with Gasteiger partial charge in [-0.3, -0.25) is 0 Å². The van der Waals surface area contributed by atoms with Crippen molar-refractivity contribution < 1.29 is 4.74 Å². The van der Waals surface area contributed by atoms with Crippen molar-refractivity contribution in [2.45, 2.75) is 6.92 Å². The Morgan fingerprint density at radius 3 is 2.60 bits per heavy atom. The molecular weight excluding hydrogens is 124 g/mol. The molecule has 0 spiro atoms. The molecule has 0 aromatic heterocycles. The van der Waals surface area contributed by atoms with E-state index >= 15 is 0 Å². The molecular formula is C9H10O. The zero-order valence-electron chi connectivity index (χ0n) is 6.22. The van der Waals surface area contributed by atoms with Gasteiger partial charge in [-0.1, -0.05) is 17.7 Å². The van der Waals surface area contributed by atoms with Crippen LogP contribution in [0.15, 0.2) is 35.1 Å². The van der Waals surface area contributed by atoms with Gasteiger partial charge in [0.2, 0.25) is 0 Å². The Hall–Kier alpha value is -0.980. The molecule has 1 atom stereocenters. The van der Waals surface area contributed by atoms with E-state index in [0.29, 0.717) is 5.92 Å².